The molecule has 4 nitrogen and oxygen atoms in total. The third-order valence-electron chi connectivity index (χ3n) is 2.90. The van der Waals surface area contributed by atoms with E-state index >= 15 is 0 Å². The third kappa shape index (κ3) is 4.28. The highest BCUT2D eigenvalue weighted by atomic mass is 35.5. The summed E-state index contributed by atoms with van der Waals surface area (Å²) in [5.41, 5.74) is 2.70. The number of ether oxygens (including phenoxy) is 1. The molecule has 1 aromatic carbocycles. The Morgan fingerprint density at radius 2 is 1.86 bits per heavy atom. The van der Waals surface area contributed by atoms with Gasteiger partial charge in [-0.3, -0.25) is 0 Å². The van der Waals surface area contributed by atoms with Crippen molar-refractivity contribution in [3.8, 4) is 0 Å². The molecule has 0 bridgehead atoms. The third-order valence-corrected chi connectivity index (χ3v) is 6.33. The van der Waals surface area contributed by atoms with Crippen molar-refractivity contribution in [3.63, 3.8) is 0 Å². The lowest BCUT2D eigenvalue weighted by atomic mass is 10.1. The topological polar surface area (TPSA) is 55.4 Å². The zero-order valence-electron chi connectivity index (χ0n) is 11.7. The lowest BCUT2D eigenvalue weighted by Gasteiger charge is -2.06. The molecule has 0 aliphatic carbocycles. The largest absolute Gasteiger partial charge is 0.380 e. The highest BCUT2D eigenvalue weighted by Gasteiger charge is 2.18. The average Bonchev–Trinajstić information content (AvgIpc) is 2.79. The van der Waals surface area contributed by atoms with Gasteiger partial charge < -0.3 is 4.74 Å². The molecule has 114 valence electrons. The second-order valence-corrected chi connectivity index (χ2v) is 8.24. The van der Waals surface area contributed by atoms with Crippen molar-refractivity contribution in [1.82, 2.24) is 4.72 Å². The minimum Gasteiger partial charge on any atom is -0.380 e. The van der Waals surface area contributed by atoms with Crippen LogP contribution in [0.4, 0.5) is 0 Å². The molecule has 0 atom stereocenters. The standard InChI is InChI=1S/C14H16ClNO3S2/c1-10-7-13(20-14(10)15)21(17,18)16-8-11-3-5-12(6-4-11)9-19-2/h3-7,16H,8-9H2,1-2H3. The van der Waals surface area contributed by atoms with Crippen molar-refractivity contribution in [2.45, 2.75) is 24.3 Å². The second-order valence-electron chi connectivity index (χ2n) is 4.60. The summed E-state index contributed by atoms with van der Waals surface area (Å²) in [4.78, 5) is 0. The van der Waals surface area contributed by atoms with Crippen LogP contribution in [0.1, 0.15) is 16.7 Å². The fraction of sp³-hybridized carbons (Fsp3) is 0.286. The van der Waals surface area contributed by atoms with Crippen LogP contribution in [0.15, 0.2) is 34.5 Å². The van der Waals surface area contributed by atoms with Gasteiger partial charge in [-0.25, -0.2) is 13.1 Å². The SMILES string of the molecule is COCc1ccc(CNS(=O)(=O)c2cc(C)c(Cl)s2)cc1. The molecule has 0 saturated carbocycles. The first-order valence-electron chi connectivity index (χ1n) is 6.25. The van der Waals surface area contributed by atoms with E-state index in [-0.39, 0.29) is 10.8 Å². The normalized spacial score (nSPS) is 11.8. The van der Waals surface area contributed by atoms with Crippen molar-refractivity contribution in [2.24, 2.45) is 0 Å². The Kier molecular flexibility index (Phi) is 5.40. The predicted octanol–water partition coefficient (Wildman–Crippen LogP) is 3.33. The molecule has 21 heavy (non-hydrogen) atoms. The van der Waals surface area contributed by atoms with Crippen molar-refractivity contribution in [3.05, 3.63) is 51.4 Å². The maximum absolute atomic E-state index is 12.2. The fourth-order valence-electron chi connectivity index (χ4n) is 1.73. The van der Waals surface area contributed by atoms with Gasteiger partial charge in [0.25, 0.3) is 0 Å². The van der Waals surface area contributed by atoms with Crippen molar-refractivity contribution in [2.75, 3.05) is 7.11 Å². The summed E-state index contributed by atoms with van der Waals surface area (Å²) in [7, 11) is -1.89. The van der Waals surface area contributed by atoms with E-state index in [1.165, 1.54) is 0 Å². The fourth-order valence-corrected chi connectivity index (χ4v) is 4.50. The number of sulfonamides is 1. The summed E-state index contributed by atoms with van der Waals surface area (Å²) in [5.74, 6) is 0. The van der Waals surface area contributed by atoms with Gasteiger partial charge in [0.1, 0.15) is 4.21 Å². The van der Waals surface area contributed by atoms with Gasteiger partial charge >= 0.3 is 0 Å². The zero-order chi connectivity index (χ0) is 15.5. The maximum atomic E-state index is 12.2. The number of aryl methyl sites for hydroxylation is 1. The minimum absolute atomic E-state index is 0.237. The molecule has 0 fully saturated rings. The Bertz CT molecular complexity index is 689. The summed E-state index contributed by atoms with van der Waals surface area (Å²) in [6, 6.07) is 9.17. The number of hydrogen-bond donors (Lipinski definition) is 1. The predicted molar refractivity (Wildman–Crippen MR) is 85.2 cm³/mol. The molecule has 1 aromatic heterocycles. The quantitative estimate of drug-likeness (QED) is 0.873. The molecule has 0 saturated heterocycles. The molecule has 0 spiro atoms. The molecule has 1 heterocycles. The van der Waals surface area contributed by atoms with Gasteiger partial charge in [-0.05, 0) is 29.7 Å². The van der Waals surface area contributed by atoms with Gasteiger partial charge in [-0.15, -0.1) is 11.3 Å². The van der Waals surface area contributed by atoms with Crippen molar-refractivity contribution in [1.29, 1.82) is 0 Å². The first-order valence-corrected chi connectivity index (χ1v) is 8.92. The molecule has 2 aromatic rings. The number of rotatable bonds is 6. The van der Waals surface area contributed by atoms with Gasteiger partial charge in [0.2, 0.25) is 10.0 Å². The number of methoxy groups -OCH3 is 1. The smallest absolute Gasteiger partial charge is 0.250 e. The van der Waals surface area contributed by atoms with Gasteiger partial charge in [-0.1, -0.05) is 35.9 Å². The number of benzene rings is 1. The Balaban J connectivity index is 2.04. The Labute approximate surface area is 133 Å². The van der Waals surface area contributed by atoms with Crippen LogP contribution in [0.2, 0.25) is 4.34 Å². The van der Waals surface area contributed by atoms with E-state index in [2.05, 4.69) is 4.72 Å². The zero-order valence-corrected chi connectivity index (χ0v) is 14.1. The van der Waals surface area contributed by atoms with Crippen molar-refractivity contribution < 1.29 is 13.2 Å². The maximum Gasteiger partial charge on any atom is 0.250 e. The molecule has 7 heteroatoms. The number of hydrogen-bond acceptors (Lipinski definition) is 4. The van der Waals surface area contributed by atoms with Gasteiger partial charge in [-0.2, -0.15) is 0 Å². The molecule has 1 N–H and O–H groups in total. The van der Waals surface area contributed by atoms with Crippen LogP contribution in [0.5, 0.6) is 0 Å². The van der Waals surface area contributed by atoms with E-state index in [1.807, 2.05) is 24.3 Å². The summed E-state index contributed by atoms with van der Waals surface area (Å²) >= 11 is 6.98. The first-order chi connectivity index (χ1) is 9.92. The van der Waals surface area contributed by atoms with Crippen LogP contribution < -0.4 is 4.72 Å². The van der Waals surface area contributed by atoms with Gasteiger partial charge in [0.15, 0.2) is 0 Å². The van der Waals surface area contributed by atoms with E-state index in [9.17, 15) is 8.42 Å². The van der Waals surface area contributed by atoms with E-state index in [4.69, 9.17) is 16.3 Å². The van der Waals surface area contributed by atoms with Crippen LogP contribution in [-0.4, -0.2) is 15.5 Å². The molecular formula is C14H16ClNO3S2. The monoisotopic (exact) mass is 345 g/mol. The number of nitrogens with one attached hydrogen (secondary N) is 1. The van der Waals surface area contributed by atoms with Crippen LogP contribution in [0.3, 0.4) is 0 Å². The summed E-state index contributed by atoms with van der Waals surface area (Å²) < 4.78 is 32.7. The molecule has 0 aliphatic rings. The van der Waals surface area contributed by atoms with Crippen LogP contribution in [0.25, 0.3) is 0 Å². The van der Waals surface area contributed by atoms with Crippen LogP contribution in [-0.2, 0) is 27.9 Å². The van der Waals surface area contributed by atoms with Crippen LogP contribution in [0, 0.1) is 6.92 Å². The molecule has 0 aliphatic heterocycles. The lowest BCUT2D eigenvalue weighted by Crippen LogP contribution is -2.22. The summed E-state index contributed by atoms with van der Waals surface area (Å²) in [5, 5.41) is 0. The summed E-state index contributed by atoms with van der Waals surface area (Å²) in [6.07, 6.45) is 0. The van der Waals surface area contributed by atoms with E-state index in [0.29, 0.717) is 10.9 Å². The lowest BCUT2D eigenvalue weighted by molar-refractivity contribution is 0.185. The van der Waals surface area contributed by atoms with E-state index in [1.54, 1.807) is 20.1 Å². The minimum atomic E-state index is -3.52. The number of thiophene rings is 1. The Morgan fingerprint density at radius 1 is 1.24 bits per heavy atom. The highest BCUT2D eigenvalue weighted by molar-refractivity contribution is 7.91. The van der Waals surface area contributed by atoms with Gasteiger partial charge in [0, 0.05) is 13.7 Å². The van der Waals surface area contributed by atoms with E-state index < -0.39 is 10.0 Å². The molecule has 2 rings (SSSR count). The van der Waals surface area contributed by atoms with E-state index in [0.717, 1.165) is 28.0 Å². The molecule has 0 unspecified atom stereocenters. The highest BCUT2D eigenvalue weighted by Crippen LogP contribution is 2.29. The molecule has 0 radical (unpaired) electrons. The summed E-state index contributed by atoms with van der Waals surface area (Å²) in [6.45, 7) is 2.56. The Morgan fingerprint density at radius 3 is 2.38 bits per heavy atom. The first kappa shape index (κ1) is 16.5. The van der Waals surface area contributed by atoms with Crippen molar-refractivity contribution >= 4 is 33.0 Å². The van der Waals surface area contributed by atoms with Gasteiger partial charge in [0.05, 0.1) is 10.9 Å². The average molecular weight is 346 g/mol. The molecular weight excluding hydrogens is 330 g/mol. The molecule has 0 amide bonds. The Hall–Kier alpha value is -0.920. The number of halogens is 1. The second kappa shape index (κ2) is 6.89. The van der Waals surface area contributed by atoms with Crippen LogP contribution >= 0.6 is 22.9 Å².